The third kappa shape index (κ3) is 51.1. The summed E-state index contributed by atoms with van der Waals surface area (Å²) >= 11 is 0. The molecule has 0 unspecified atom stereocenters. The minimum absolute atomic E-state index is 0.132. The zero-order valence-electron chi connectivity index (χ0n) is 40.2. The highest BCUT2D eigenvalue weighted by atomic mass is 16.2. The molecule has 0 saturated heterocycles. The van der Waals surface area contributed by atoms with Crippen molar-refractivity contribution < 1.29 is 9.59 Å². The fourth-order valence-electron chi connectivity index (χ4n) is 8.72. The third-order valence-electron chi connectivity index (χ3n) is 12.8. The zero-order chi connectivity index (χ0) is 41.9. The van der Waals surface area contributed by atoms with Gasteiger partial charge in [0.05, 0.1) is 0 Å². The highest BCUT2D eigenvalue weighted by Gasteiger charge is 2.04. The van der Waals surface area contributed by atoms with Gasteiger partial charge in [0.2, 0.25) is 11.8 Å². The molecule has 0 saturated carbocycles. The molecule has 0 heterocycles. The van der Waals surface area contributed by atoms with Gasteiger partial charge in [0.25, 0.3) is 0 Å². The summed E-state index contributed by atoms with van der Waals surface area (Å²) in [6.45, 7) is 5.69. The molecule has 0 aliphatic rings. The molecule has 0 aliphatic heterocycles. The van der Waals surface area contributed by atoms with Crippen LogP contribution in [0.15, 0.2) is 0 Å². The fraction of sp³-hybridized carbons (Fsp3) is 0.963. The van der Waals surface area contributed by atoms with Crippen LogP contribution in [0.5, 0.6) is 0 Å². The predicted octanol–water partition coefficient (Wildman–Crippen LogP) is 18.0. The van der Waals surface area contributed by atoms with Gasteiger partial charge in [0.15, 0.2) is 0 Å². The van der Waals surface area contributed by atoms with Crippen molar-refractivity contribution in [1.29, 1.82) is 0 Å². The topological polar surface area (TPSA) is 58.2 Å². The Morgan fingerprint density at radius 1 is 0.224 bits per heavy atom. The first kappa shape index (κ1) is 56.9. The number of rotatable bonds is 51. The molecule has 2 amide bonds. The monoisotopic (exact) mass is 817 g/mol. The van der Waals surface area contributed by atoms with Crippen LogP contribution < -0.4 is 10.6 Å². The van der Waals surface area contributed by atoms with Crippen LogP contribution in [0.25, 0.3) is 0 Å². The molecule has 0 spiro atoms. The summed E-state index contributed by atoms with van der Waals surface area (Å²) in [6.07, 6.45) is 65.1. The molecule has 346 valence electrons. The van der Waals surface area contributed by atoms with Gasteiger partial charge in [-0.15, -0.1) is 0 Å². The van der Waals surface area contributed by atoms with Crippen LogP contribution in [-0.2, 0) is 9.59 Å². The second-order valence-electron chi connectivity index (χ2n) is 18.8. The van der Waals surface area contributed by atoms with Gasteiger partial charge in [-0.2, -0.15) is 0 Å². The number of hydrogen-bond acceptors (Lipinski definition) is 2. The van der Waals surface area contributed by atoms with Crippen molar-refractivity contribution in [2.45, 2.75) is 322 Å². The molecular weight excluding hydrogens is 709 g/mol. The maximum Gasteiger partial charge on any atom is 0.220 e. The second-order valence-corrected chi connectivity index (χ2v) is 18.8. The number of carbonyl (C=O) groups is 2. The highest BCUT2D eigenvalue weighted by Crippen LogP contribution is 2.18. The van der Waals surface area contributed by atoms with E-state index in [9.17, 15) is 9.59 Å². The van der Waals surface area contributed by atoms with E-state index in [4.69, 9.17) is 0 Å². The van der Waals surface area contributed by atoms with Crippen LogP contribution in [-0.4, -0.2) is 24.9 Å². The molecule has 2 N–H and O–H groups in total. The molecule has 4 nitrogen and oxygen atoms in total. The maximum atomic E-state index is 12.2. The standard InChI is InChI=1S/C54H108N2O2/c1-3-5-7-9-11-13-15-17-19-21-23-25-27-29-31-33-35-37-39-41-43-45-47-49-53(57)55-51-52-56-54(58)50-48-46-44-42-40-38-36-34-32-30-28-26-24-22-20-18-16-14-12-10-8-6-4-2/h3-52H2,1-2H3,(H,55,57)(H,56,58). The minimum atomic E-state index is 0.132. The highest BCUT2D eigenvalue weighted by molar-refractivity contribution is 5.77. The van der Waals surface area contributed by atoms with E-state index in [1.54, 1.807) is 0 Å². The Morgan fingerprint density at radius 2 is 0.362 bits per heavy atom. The second kappa shape index (κ2) is 52.1. The maximum absolute atomic E-state index is 12.2. The van der Waals surface area contributed by atoms with E-state index in [2.05, 4.69) is 24.5 Å². The van der Waals surface area contributed by atoms with Crippen molar-refractivity contribution in [2.75, 3.05) is 13.1 Å². The Hall–Kier alpha value is -1.06. The molecule has 4 heteroatoms. The molecule has 0 bridgehead atoms. The van der Waals surface area contributed by atoms with Crippen LogP contribution in [0.2, 0.25) is 0 Å². The Kier molecular flexibility index (Phi) is 51.1. The molecule has 0 aliphatic carbocycles. The smallest absolute Gasteiger partial charge is 0.220 e. The summed E-state index contributed by atoms with van der Waals surface area (Å²) < 4.78 is 0. The number of hydrogen-bond donors (Lipinski definition) is 2. The molecule has 0 fully saturated rings. The summed E-state index contributed by atoms with van der Waals surface area (Å²) in [6, 6.07) is 0. The molecule has 0 aromatic rings. The van der Waals surface area contributed by atoms with E-state index in [1.807, 2.05) is 0 Å². The van der Waals surface area contributed by atoms with E-state index < -0.39 is 0 Å². The van der Waals surface area contributed by atoms with Gasteiger partial charge >= 0.3 is 0 Å². The molecular formula is C54H108N2O2. The number of amides is 2. The Balaban J connectivity index is 3.23. The van der Waals surface area contributed by atoms with Crippen LogP contribution >= 0.6 is 0 Å². The molecule has 0 atom stereocenters. The van der Waals surface area contributed by atoms with Gasteiger partial charge in [-0.3, -0.25) is 9.59 Å². The summed E-state index contributed by atoms with van der Waals surface area (Å²) in [7, 11) is 0. The summed E-state index contributed by atoms with van der Waals surface area (Å²) in [5, 5.41) is 5.97. The van der Waals surface area contributed by atoms with Crippen LogP contribution in [0.3, 0.4) is 0 Å². The summed E-state index contributed by atoms with van der Waals surface area (Å²) in [5.74, 6) is 0.264. The SMILES string of the molecule is CCCCCCCCCCCCCCCCCCCCCCCCCC(=O)NCCNC(=O)CCCCCCCCCCCCCCCCCCCCCCCCC. The average molecular weight is 817 g/mol. The van der Waals surface area contributed by atoms with Crippen molar-refractivity contribution in [3.8, 4) is 0 Å². The fourth-order valence-corrected chi connectivity index (χ4v) is 8.72. The van der Waals surface area contributed by atoms with Crippen LogP contribution in [0.1, 0.15) is 322 Å². The first-order chi connectivity index (χ1) is 28.7. The van der Waals surface area contributed by atoms with E-state index in [0.717, 1.165) is 25.7 Å². The van der Waals surface area contributed by atoms with Crippen molar-refractivity contribution in [3.05, 3.63) is 0 Å². The molecule has 0 aromatic heterocycles. The summed E-state index contributed by atoms with van der Waals surface area (Å²) in [5.41, 5.74) is 0. The third-order valence-corrected chi connectivity index (χ3v) is 12.8. The molecule has 0 aromatic carbocycles. The van der Waals surface area contributed by atoms with Crippen LogP contribution in [0.4, 0.5) is 0 Å². The molecule has 58 heavy (non-hydrogen) atoms. The zero-order valence-corrected chi connectivity index (χ0v) is 40.2. The van der Waals surface area contributed by atoms with E-state index in [0.29, 0.717) is 25.9 Å². The first-order valence-electron chi connectivity index (χ1n) is 27.2. The first-order valence-corrected chi connectivity index (χ1v) is 27.2. The van der Waals surface area contributed by atoms with E-state index in [-0.39, 0.29) is 11.8 Å². The van der Waals surface area contributed by atoms with Gasteiger partial charge in [-0.1, -0.05) is 296 Å². The molecule has 0 rings (SSSR count). The lowest BCUT2D eigenvalue weighted by Crippen LogP contribution is -2.34. The van der Waals surface area contributed by atoms with E-state index >= 15 is 0 Å². The summed E-state index contributed by atoms with van der Waals surface area (Å²) in [4.78, 5) is 24.3. The Labute approximate surface area is 366 Å². The number of carbonyl (C=O) groups excluding carboxylic acids is 2. The lowest BCUT2D eigenvalue weighted by molar-refractivity contribution is -0.123. The Morgan fingerprint density at radius 3 is 0.517 bits per heavy atom. The molecule has 0 radical (unpaired) electrons. The average Bonchev–Trinajstić information content (AvgIpc) is 3.23. The van der Waals surface area contributed by atoms with Crippen LogP contribution in [0, 0.1) is 0 Å². The Bertz CT molecular complexity index is 721. The van der Waals surface area contributed by atoms with Crippen molar-refractivity contribution in [1.82, 2.24) is 10.6 Å². The normalized spacial score (nSPS) is 11.4. The van der Waals surface area contributed by atoms with Crippen molar-refractivity contribution in [2.24, 2.45) is 0 Å². The number of nitrogens with one attached hydrogen (secondary N) is 2. The lowest BCUT2D eigenvalue weighted by atomic mass is 10.0. The van der Waals surface area contributed by atoms with Crippen molar-refractivity contribution >= 4 is 11.8 Å². The van der Waals surface area contributed by atoms with Gasteiger partial charge in [-0.25, -0.2) is 0 Å². The van der Waals surface area contributed by atoms with Gasteiger partial charge < -0.3 is 10.6 Å². The van der Waals surface area contributed by atoms with E-state index in [1.165, 1.54) is 270 Å². The number of unbranched alkanes of at least 4 members (excludes halogenated alkanes) is 44. The lowest BCUT2D eigenvalue weighted by Gasteiger charge is -2.07. The van der Waals surface area contributed by atoms with Gasteiger partial charge in [0.1, 0.15) is 0 Å². The predicted molar refractivity (Wildman–Crippen MR) is 259 cm³/mol. The van der Waals surface area contributed by atoms with Crippen molar-refractivity contribution in [3.63, 3.8) is 0 Å². The quantitative estimate of drug-likeness (QED) is 0.0601. The minimum Gasteiger partial charge on any atom is -0.354 e. The van der Waals surface area contributed by atoms with Gasteiger partial charge in [-0.05, 0) is 12.8 Å². The largest absolute Gasteiger partial charge is 0.354 e. The van der Waals surface area contributed by atoms with Gasteiger partial charge in [0, 0.05) is 25.9 Å².